The standard InChI is InChI=1S/C19H27N3/c1-2-7-17(20-10-5-1)9-11-21-12-13-22-18(15-21)14-16-6-3-4-8-19(16)22/h3-4,6,8-9,18,20H,1-2,5,7,10-15H2. The van der Waals surface area contributed by atoms with E-state index in [1.165, 1.54) is 68.7 Å². The smallest absolute Gasteiger partial charge is 0.0458 e. The molecule has 0 aromatic heterocycles. The maximum atomic E-state index is 3.61. The van der Waals surface area contributed by atoms with Crippen LogP contribution in [0.3, 0.4) is 0 Å². The highest BCUT2D eigenvalue weighted by Crippen LogP contribution is 2.33. The van der Waals surface area contributed by atoms with E-state index < -0.39 is 0 Å². The molecule has 0 amide bonds. The molecule has 22 heavy (non-hydrogen) atoms. The highest BCUT2D eigenvalue weighted by molar-refractivity contribution is 5.59. The van der Waals surface area contributed by atoms with Crippen molar-refractivity contribution in [3.63, 3.8) is 0 Å². The fourth-order valence-electron chi connectivity index (χ4n) is 4.16. The zero-order chi connectivity index (χ0) is 14.8. The minimum absolute atomic E-state index is 0.687. The number of hydrogen-bond acceptors (Lipinski definition) is 3. The minimum Gasteiger partial charge on any atom is -0.389 e. The Kier molecular flexibility index (Phi) is 4.07. The summed E-state index contributed by atoms with van der Waals surface area (Å²) < 4.78 is 0. The highest BCUT2D eigenvalue weighted by atomic mass is 15.3. The van der Waals surface area contributed by atoms with Crippen LogP contribution < -0.4 is 10.2 Å². The van der Waals surface area contributed by atoms with E-state index in [9.17, 15) is 0 Å². The van der Waals surface area contributed by atoms with Crippen LogP contribution in [0.1, 0.15) is 31.2 Å². The Balaban J connectivity index is 1.36. The predicted octanol–water partition coefficient (Wildman–Crippen LogP) is 2.78. The van der Waals surface area contributed by atoms with Gasteiger partial charge in [0, 0.05) is 50.2 Å². The average molecular weight is 297 g/mol. The van der Waals surface area contributed by atoms with E-state index in [2.05, 4.69) is 45.5 Å². The Morgan fingerprint density at radius 1 is 1.14 bits per heavy atom. The third-order valence-corrected chi connectivity index (χ3v) is 5.39. The van der Waals surface area contributed by atoms with Crippen molar-refractivity contribution in [1.29, 1.82) is 0 Å². The number of anilines is 1. The van der Waals surface area contributed by atoms with Crippen LogP contribution in [0.25, 0.3) is 0 Å². The number of allylic oxidation sites excluding steroid dienone is 1. The van der Waals surface area contributed by atoms with E-state index in [-0.39, 0.29) is 0 Å². The number of nitrogens with zero attached hydrogens (tertiary/aromatic N) is 2. The largest absolute Gasteiger partial charge is 0.389 e. The lowest BCUT2D eigenvalue weighted by atomic mass is 10.1. The van der Waals surface area contributed by atoms with Crippen molar-refractivity contribution >= 4 is 5.69 Å². The van der Waals surface area contributed by atoms with Crippen molar-refractivity contribution in [1.82, 2.24) is 10.2 Å². The number of para-hydroxylation sites is 1. The van der Waals surface area contributed by atoms with E-state index >= 15 is 0 Å². The first-order valence-corrected chi connectivity index (χ1v) is 8.90. The maximum absolute atomic E-state index is 3.61. The number of rotatable bonds is 2. The van der Waals surface area contributed by atoms with Crippen LogP contribution in [0.4, 0.5) is 5.69 Å². The van der Waals surface area contributed by atoms with Gasteiger partial charge >= 0.3 is 0 Å². The third kappa shape index (κ3) is 2.87. The van der Waals surface area contributed by atoms with E-state index in [0.717, 1.165) is 13.1 Å². The molecular formula is C19H27N3. The minimum atomic E-state index is 0.687. The second kappa shape index (κ2) is 6.33. The number of nitrogens with one attached hydrogen (secondary N) is 1. The van der Waals surface area contributed by atoms with Gasteiger partial charge in [-0.05, 0) is 37.3 Å². The van der Waals surface area contributed by atoms with Gasteiger partial charge in [0.1, 0.15) is 0 Å². The van der Waals surface area contributed by atoms with Gasteiger partial charge in [0.05, 0.1) is 0 Å². The van der Waals surface area contributed by atoms with Gasteiger partial charge in [-0.2, -0.15) is 0 Å². The molecule has 3 heterocycles. The summed E-state index contributed by atoms with van der Waals surface area (Å²) >= 11 is 0. The normalized spacial score (nSPS) is 27.2. The molecule has 3 nitrogen and oxygen atoms in total. The molecule has 0 bridgehead atoms. The second-order valence-electron chi connectivity index (χ2n) is 6.91. The molecule has 1 N–H and O–H groups in total. The molecule has 4 rings (SSSR count). The molecule has 3 aliphatic heterocycles. The van der Waals surface area contributed by atoms with Gasteiger partial charge in [0.25, 0.3) is 0 Å². The number of hydrogen-bond donors (Lipinski definition) is 1. The number of fused-ring (bicyclic) bond motifs is 3. The molecule has 3 aliphatic rings. The summed E-state index contributed by atoms with van der Waals surface area (Å²) in [5.74, 6) is 0. The van der Waals surface area contributed by atoms with Crippen molar-refractivity contribution in [2.75, 3.05) is 37.6 Å². The van der Waals surface area contributed by atoms with Crippen LogP contribution in [0, 0.1) is 0 Å². The van der Waals surface area contributed by atoms with Gasteiger partial charge in [0.15, 0.2) is 0 Å². The van der Waals surface area contributed by atoms with Crippen molar-refractivity contribution in [3.8, 4) is 0 Å². The first-order chi connectivity index (χ1) is 10.9. The molecule has 0 aliphatic carbocycles. The first kappa shape index (κ1) is 14.1. The van der Waals surface area contributed by atoms with Gasteiger partial charge in [-0.25, -0.2) is 0 Å². The van der Waals surface area contributed by atoms with Gasteiger partial charge in [-0.3, -0.25) is 4.90 Å². The van der Waals surface area contributed by atoms with E-state index in [1.54, 1.807) is 0 Å². The van der Waals surface area contributed by atoms with Crippen molar-refractivity contribution in [3.05, 3.63) is 41.6 Å². The van der Waals surface area contributed by atoms with Gasteiger partial charge in [0.2, 0.25) is 0 Å². The lowest BCUT2D eigenvalue weighted by Gasteiger charge is -2.38. The topological polar surface area (TPSA) is 18.5 Å². The summed E-state index contributed by atoms with van der Waals surface area (Å²) in [6.45, 7) is 5.85. The van der Waals surface area contributed by atoms with E-state index in [4.69, 9.17) is 0 Å². The Bertz CT molecular complexity index is 541. The molecule has 2 saturated heterocycles. The van der Waals surface area contributed by atoms with Gasteiger partial charge in [-0.15, -0.1) is 0 Å². The van der Waals surface area contributed by atoms with Crippen LogP contribution in [0.5, 0.6) is 0 Å². The lowest BCUT2D eigenvalue weighted by molar-refractivity contribution is 0.248. The lowest BCUT2D eigenvalue weighted by Crippen LogP contribution is -2.51. The molecule has 0 saturated carbocycles. The zero-order valence-corrected chi connectivity index (χ0v) is 13.4. The summed E-state index contributed by atoms with van der Waals surface area (Å²) in [5, 5.41) is 3.61. The quantitative estimate of drug-likeness (QED) is 0.905. The van der Waals surface area contributed by atoms with Crippen LogP contribution >= 0.6 is 0 Å². The van der Waals surface area contributed by atoms with Crippen LogP contribution in [0.15, 0.2) is 36.0 Å². The van der Waals surface area contributed by atoms with Crippen molar-refractivity contribution in [2.24, 2.45) is 0 Å². The second-order valence-corrected chi connectivity index (χ2v) is 6.91. The predicted molar refractivity (Wildman–Crippen MR) is 92.3 cm³/mol. The van der Waals surface area contributed by atoms with Crippen LogP contribution in [-0.4, -0.2) is 43.7 Å². The van der Waals surface area contributed by atoms with Gasteiger partial charge in [-0.1, -0.05) is 30.7 Å². The van der Waals surface area contributed by atoms with Gasteiger partial charge < -0.3 is 10.2 Å². The van der Waals surface area contributed by atoms with E-state index in [0.29, 0.717) is 6.04 Å². The summed E-state index contributed by atoms with van der Waals surface area (Å²) in [6, 6.07) is 9.64. The summed E-state index contributed by atoms with van der Waals surface area (Å²) in [6.07, 6.45) is 8.98. The molecule has 0 radical (unpaired) electrons. The SMILES string of the molecule is C(CN1CCN2c3ccccc3CC2C1)=C1CCCCCN1. The van der Waals surface area contributed by atoms with Crippen LogP contribution in [0.2, 0.25) is 0 Å². The fourth-order valence-corrected chi connectivity index (χ4v) is 4.16. The average Bonchev–Trinajstić information content (AvgIpc) is 2.72. The summed E-state index contributed by atoms with van der Waals surface area (Å²) in [4.78, 5) is 5.26. The molecule has 0 spiro atoms. The van der Waals surface area contributed by atoms with E-state index in [1.807, 2.05) is 0 Å². The fraction of sp³-hybridized carbons (Fsp3) is 0.579. The monoisotopic (exact) mass is 297 g/mol. The molecule has 1 unspecified atom stereocenters. The molecule has 1 aromatic rings. The summed E-state index contributed by atoms with van der Waals surface area (Å²) in [7, 11) is 0. The summed E-state index contributed by atoms with van der Waals surface area (Å²) in [5.41, 5.74) is 4.50. The Morgan fingerprint density at radius 2 is 2.09 bits per heavy atom. The molecule has 1 aromatic carbocycles. The highest BCUT2D eigenvalue weighted by Gasteiger charge is 2.33. The zero-order valence-electron chi connectivity index (χ0n) is 13.4. The third-order valence-electron chi connectivity index (χ3n) is 5.39. The number of benzene rings is 1. The Labute approximate surface area is 134 Å². The molecule has 118 valence electrons. The number of piperazine rings is 1. The Morgan fingerprint density at radius 3 is 3.09 bits per heavy atom. The maximum Gasteiger partial charge on any atom is 0.0458 e. The van der Waals surface area contributed by atoms with Crippen LogP contribution in [-0.2, 0) is 6.42 Å². The molecule has 2 fully saturated rings. The Hall–Kier alpha value is -1.48. The molecule has 3 heteroatoms. The molecular weight excluding hydrogens is 270 g/mol. The van der Waals surface area contributed by atoms with Crippen molar-refractivity contribution < 1.29 is 0 Å². The molecule has 1 atom stereocenters. The van der Waals surface area contributed by atoms with Crippen molar-refractivity contribution in [2.45, 2.75) is 38.1 Å². The first-order valence-electron chi connectivity index (χ1n) is 8.90.